The van der Waals surface area contributed by atoms with E-state index >= 15 is 0 Å². The van der Waals surface area contributed by atoms with Gasteiger partial charge >= 0.3 is 0 Å². The van der Waals surface area contributed by atoms with Crippen molar-refractivity contribution in [3.8, 4) is 0 Å². The SMILES string of the molecule is CCNC(=NCC(C)C)NCC(c1cccs1)N(C)C. The highest BCUT2D eigenvalue weighted by atomic mass is 32.1. The maximum absolute atomic E-state index is 4.60. The van der Waals surface area contributed by atoms with E-state index in [1.807, 2.05) is 0 Å². The van der Waals surface area contributed by atoms with Crippen LogP contribution in [0.3, 0.4) is 0 Å². The van der Waals surface area contributed by atoms with Crippen molar-refractivity contribution >= 4 is 17.3 Å². The topological polar surface area (TPSA) is 39.7 Å². The second kappa shape index (κ2) is 8.97. The number of nitrogens with zero attached hydrogens (tertiary/aromatic N) is 2. The number of thiophene rings is 1. The van der Waals surface area contributed by atoms with E-state index < -0.39 is 0 Å². The summed E-state index contributed by atoms with van der Waals surface area (Å²) in [5.41, 5.74) is 0. The molecular formula is C15H28N4S. The van der Waals surface area contributed by atoms with Crippen LogP contribution in [0.2, 0.25) is 0 Å². The molecule has 0 saturated carbocycles. The zero-order chi connectivity index (χ0) is 15.0. The average molecular weight is 296 g/mol. The lowest BCUT2D eigenvalue weighted by atomic mass is 10.2. The fourth-order valence-corrected chi connectivity index (χ4v) is 2.75. The summed E-state index contributed by atoms with van der Waals surface area (Å²) in [5.74, 6) is 1.48. The Morgan fingerprint density at radius 3 is 2.60 bits per heavy atom. The van der Waals surface area contributed by atoms with Gasteiger partial charge in [0.15, 0.2) is 5.96 Å². The highest BCUT2D eigenvalue weighted by Crippen LogP contribution is 2.22. The van der Waals surface area contributed by atoms with Crippen molar-refractivity contribution in [1.29, 1.82) is 0 Å². The fourth-order valence-electron chi connectivity index (χ4n) is 1.83. The Labute approximate surface area is 127 Å². The first-order valence-corrected chi connectivity index (χ1v) is 8.14. The first kappa shape index (κ1) is 17.0. The van der Waals surface area contributed by atoms with Gasteiger partial charge in [0.25, 0.3) is 0 Å². The number of likely N-dealkylation sites (N-methyl/N-ethyl adjacent to an activating group) is 1. The molecule has 4 nitrogen and oxygen atoms in total. The molecule has 0 radical (unpaired) electrons. The number of hydrogen-bond acceptors (Lipinski definition) is 3. The van der Waals surface area contributed by atoms with Crippen LogP contribution in [0.1, 0.15) is 31.7 Å². The van der Waals surface area contributed by atoms with Gasteiger partial charge in [0, 0.05) is 24.5 Å². The molecule has 0 aliphatic rings. The minimum absolute atomic E-state index is 0.373. The molecule has 1 unspecified atom stereocenters. The largest absolute Gasteiger partial charge is 0.357 e. The molecule has 2 N–H and O–H groups in total. The molecule has 1 aromatic heterocycles. The van der Waals surface area contributed by atoms with Crippen molar-refractivity contribution in [2.24, 2.45) is 10.9 Å². The van der Waals surface area contributed by atoms with Crippen molar-refractivity contribution in [1.82, 2.24) is 15.5 Å². The molecule has 0 bridgehead atoms. The van der Waals surface area contributed by atoms with E-state index in [1.165, 1.54) is 4.88 Å². The van der Waals surface area contributed by atoms with Gasteiger partial charge in [-0.25, -0.2) is 0 Å². The minimum Gasteiger partial charge on any atom is -0.357 e. The van der Waals surface area contributed by atoms with E-state index in [4.69, 9.17) is 0 Å². The molecule has 20 heavy (non-hydrogen) atoms. The van der Waals surface area contributed by atoms with Crippen molar-refractivity contribution in [3.63, 3.8) is 0 Å². The van der Waals surface area contributed by atoms with Crippen LogP contribution in [-0.4, -0.2) is 44.6 Å². The lowest BCUT2D eigenvalue weighted by molar-refractivity contribution is 0.302. The number of aliphatic imine (C=N–C) groups is 1. The Hall–Kier alpha value is -1.07. The zero-order valence-corrected chi connectivity index (χ0v) is 14.1. The van der Waals surface area contributed by atoms with E-state index in [2.05, 4.69) is 72.9 Å². The Kier molecular flexibility index (Phi) is 7.62. The smallest absolute Gasteiger partial charge is 0.191 e. The first-order valence-electron chi connectivity index (χ1n) is 7.26. The van der Waals surface area contributed by atoms with Crippen LogP contribution in [0.5, 0.6) is 0 Å². The Bertz CT molecular complexity index is 385. The molecule has 1 atom stereocenters. The molecule has 1 aromatic rings. The summed E-state index contributed by atoms with van der Waals surface area (Å²) in [6.45, 7) is 9.05. The van der Waals surface area contributed by atoms with Gasteiger partial charge in [-0.05, 0) is 38.4 Å². The van der Waals surface area contributed by atoms with E-state index in [1.54, 1.807) is 11.3 Å². The second-order valence-corrected chi connectivity index (χ2v) is 6.47. The summed E-state index contributed by atoms with van der Waals surface area (Å²) < 4.78 is 0. The monoisotopic (exact) mass is 296 g/mol. The van der Waals surface area contributed by atoms with Crippen LogP contribution in [0.25, 0.3) is 0 Å². The van der Waals surface area contributed by atoms with Gasteiger partial charge in [-0.2, -0.15) is 0 Å². The predicted octanol–water partition coefficient (Wildman–Crippen LogP) is 2.56. The van der Waals surface area contributed by atoms with E-state index in [9.17, 15) is 0 Å². The quantitative estimate of drug-likeness (QED) is 0.600. The third kappa shape index (κ3) is 5.92. The van der Waals surface area contributed by atoms with Gasteiger partial charge in [-0.3, -0.25) is 4.99 Å². The molecule has 0 fully saturated rings. The highest BCUT2D eigenvalue weighted by molar-refractivity contribution is 7.10. The van der Waals surface area contributed by atoms with E-state index in [0.29, 0.717) is 12.0 Å². The van der Waals surface area contributed by atoms with Crippen LogP contribution >= 0.6 is 11.3 Å². The number of nitrogens with one attached hydrogen (secondary N) is 2. The molecule has 1 heterocycles. The van der Waals surface area contributed by atoms with Gasteiger partial charge in [0.2, 0.25) is 0 Å². The first-order chi connectivity index (χ1) is 9.54. The van der Waals surface area contributed by atoms with Crippen LogP contribution in [0, 0.1) is 5.92 Å². The van der Waals surface area contributed by atoms with Gasteiger partial charge < -0.3 is 15.5 Å². The molecule has 1 rings (SSSR count). The molecule has 0 spiro atoms. The van der Waals surface area contributed by atoms with Gasteiger partial charge in [0.1, 0.15) is 0 Å². The second-order valence-electron chi connectivity index (χ2n) is 5.49. The fraction of sp³-hybridized carbons (Fsp3) is 0.667. The third-order valence-electron chi connectivity index (χ3n) is 2.92. The summed E-state index contributed by atoms with van der Waals surface area (Å²) in [6, 6.07) is 4.67. The van der Waals surface area contributed by atoms with Crippen molar-refractivity contribution < 1.29 is 0 Å². The summed E-state index contributed by atoms with van der Waals surface area (Å²) in [4.78, 5) is 8.22. The van der Waals surface area contributed by atoms with Gasteiger partial charge in [0.05, 0.1) is 6.04 Å². The molecule has 0 saturated heterocycles. The normalized spacial score (nSPS) is 13.8. The Morgan fingerprint density at radius 2 is 2.10 bits per heavy atom. The summed E-state index contributed by atoms with van der Waals surface area (Å²) >= 11 is 1.80. The number of guanidine groups is 1. The average Bonchev–Trinajstić information content (AvgIpc) is 2.89. The van der Waals surface area contributed by atoms with Gasteiger partial charge in [-0.1, -0.05) is 19.9 Å². The molecule has 0 aliphatic heterocycles. The lowest BCUT2D eigenvalue weighted by Gasteiger charge is -2.24. The van der Waals surface area contributed by atoms with Crippen molar-refractivity contribution in [2.75, 3.05) is 33.7 Å². The van der Waals surface area contributed by atoms with Gasteiger partial charge in [-0.15, -0.1) is 11.3 Å². The van der Waals surface area contributed by atoms with Crippen molar-refractivity contribution in [3.05, 3.63) is 22.4 Å². The lowest BCUT2D eigenvalue weighted by Crippen LogP contribution is -2.41. The maximum atomic E-state index is 4.60. The minimum atomic E-state index is 0.373. The number of rotatable bonds is 7. The molecular weight excluding hydrogens is 268 g/mol. The molecule has 0 amide bonds. The Balaban J connectivity index is 2.61. The molecule has 5 heteroatoms. The molecule has 0 aliphatic carbocycles. The van der Waals surface area contributed by atoms with Crippen LogP contribution in [-0.2, 0) is 0 Å². The van der Waals surface area contributed by atoms with E-state index in [-0.39, 0.29) is 0 Å². The van der Waals surface area contributed by atoms with E-state index in [0.717, 1.165) is 25.6 Å². The number of hydrogen-bond donors (Lipinski definition) is 2. The Morgan fingerprint density at radius 1 is 1.35 bits per heavy atom. The zero-order valence-electron chi connectivity index (χ0n) is 13.3. The summed E-state index contributed by atoms with van der Waals surface area (Å²) in [5, 5.41) is 8.88. The highest BCUT2D eigenvalue weighted by Gasteiger charge is 2.15. The van der Waals surface area contributed by atoms with Crippen LogP contribution < -0.4 is 10.6 Å². The maximum Gasteiger partial charge on any atom is 0.191 e. The molecule has 0 aromatic carbocycles. The summed E-state index contributed by atoms with van der Waals surface area (Å²) in [6.07, 6.45) is 0. The van der Waals surface area contributed by atoms with Crippen molar-refractivity contribution in [2.45, 2.75) is 26.8 Å². The summed E-state index contributed by atoms with van der Waals surface area (Å²) in [7, 11) is 4.23. The molecule has 114 valence electrons. The standard InChI is InChI=1S/C15H28N4S/c1-6-16-15(17-10-12(2)3)18-11-13(19(4)5)14-8-7-9-20-14/h7-9,12-13H,6,10-11H2,1-5H3,(H2,16,17,18). The predicted molar refractivity (Wildman–Crippen MR) is 89.6 cm³/mol. The van der Waals surface area contributed by atoms with Crippen LogP contribution in [0.15, 0.2) is 22.5 Å². The van der Waals surface area contributed by atoms with Crippen LogP contribution in [0.4, 0.5) is 0 Å². The third-order valence-corrected chi connectivity index (χ3v) is 3.89.